The van der Waals surface area contributed by atoms with Crippen molar-refractivity contribution in [3.05, 3.63) is 29.8 Å². The van der Waals surface area contributed by atoms with E-state index in [0.717, 1.165) is 5.01 Å². The topological polar surface area (TPSA) is 82.0 Å². The van der Waals surface area contributed by atoms with Gasteiger partial charge in [0.1, 0.15) is 11.3 Å². The number of carbonyl (C=O) groups excluding carboxylic acids is 2. The maximum absolute atomic E-state index is 12.0. The number of imide groups is 1. The standard InChI is InChI=1S/C13H15N3O3/c1-3-13(2)11(18)16(12(19)15-13)14-8-9-6-4-5-7-10(9)17/h4-8,17H,3H2,1-2H3,(H,15,19)/b14-8-/t13-/m0/s1. The molecule has 0 spiro atoms. The number of aromatic hydroxyl groups is 1. The maximum atomic E-state index is 12.0. The lowest BCUT2D eigenvalue weighted by Gasteiger charge is -2.17. The Balaban J connectivity index is 2.23. The predicted molar refractivity (Wildman–Crippen MR) is 69.8 cm³/mol. The monoisotopic (exact) mass is 261 g/mol. The van der Waals surface area contributed by atoms with Crippen LogP contribution in [-0.2, 0) is 4.79 Å². The highest BCUT2D eigenvalue weighted by Gasteiger charge is 2.46. The van der Waals surface area contributed by atoms with Gasteiger partial charge in [-0.3, -0.25) is 4.79 Å². The van der Waals surface area contributed by atoms with Gasteiger partial charge in [0.2, 0.25) is 0 Å². The summed E-state index contributed by atoms with van der Waals surface area (Å²) < 4.78 is 0. The highest BCUT2D eigenvalue weighted by molar-refractivity contribution is 6.07. The van der Waals surface area contributed by atoms with Crippen LogP contribution in [0.25, 0.3) is 0 Å². The van der Waals surface area contributed by atoms with Gasteiger partial charge in [-0.15, -0.1) is 5.01 Å². The molecule has 1 aromatic rings. The van der Waals surface area contributed by atoms with Crippen molar-refractivity contribution >= 4 is 18.2 Å². The van der Waals surface area contributed by atoms with E-state index in [9.17, 15) is 14.7 Å². The smallest absolute Gasteiger partial charge is 0.346 e. The zero-order chi connectivity index (χ0) is 14.0. The molecule has 2 N–H and O–H groups in total. The Morgan fingerprint density at radius 2 is 2.11 bits per heavy atom. The zero-order valence-electron chi connectivity index (χ0n) is 10.8. The molecule has 1 aliphatic heterocycles. The molecule has 1 aliphatic rings. The molecule has 6 heteroatoms. The quantitative estimate of drug-likeness (QED) is 0.638. The number of phenols is 1. The summed E-state index contributed by atoms with van der Waals surface area (Å²) in [5, 5.41) is 16.8. The van der Waals surface area contributed by atoms with E-state index in [1.807, 2.05) is 6.92 Å². The van der Waals surface area contributed by atoms with Crippen LogP contribution in [0.4, 0.5) is 4.79 Å². The largest absolute Gasteiger partial charge is 0.507 e. The molecule has 100 valence electrons. The minimum Gasteiger partial charge on any atom is -0.507 e. The molecule has 0 aromatic heterocycles. The Morgan fingerprint density at radius 3 is 2.68 bits per heavy atom. The van der Waals surface area contributed by atoms with Gasteiger partial charge in [0.15, 0.2) is 0 Å². The van der Waals surface area contributed by atoms with E-state index < -0.39 is 17.5 Å². The van der Waals surface area contributed by atoms with Crippen molar-refractivity contribution < 1.29 is 14.7 Å². The summed E-state index contributed by atoms with van der Waals surface area (Å²) in [5.41, 5.74) is -0.471. The number of phenolic OH excluding ortho intramolecular Hbond substituents is 1. The summed E-state index contributed by atoms with van der Waals surface area (Å²) in [7, 11) is 0. The van der Waals surface area contributed by atoms with Gasteiger partial charge in [0.05, 0.1) is 6.21 Å². The summed E-state index contributed by atoms with van der Waals surface area (Å²) in [6.45, 7) is 3.47. The number of amides is 3. The van der Waals surface area contributed by atoms with Gasteiger partial charge in [-0.25, -0.2) is 4.79 Å². The minimum absolute atomic E-state index is 0.0385. The van der Waals surface area contributed by atoms with Crippen molar-refractivity contribution in [1.29, 1.82) is 0 Å². The van der Waals surface area contributed by atoms with Crippen LogP contribution in [0, 0.1) is 0 Å². The highest BCUT2D eigenvalue weighted by atomic mass is 16.3. The average molecular weight is 261 g/mol. The van der Waals surface area contributed by atoms with E-state index in [0.29, 0.717) is 12.0 Å². The van der Waals surface area contributed by atoms with Gasteiger partial charge in [0, 0.05) is 5.56 Å². The number of hydrazone groups is 1. The molecule has 1 heterocycles. The summed E-state index contributed by atoms with van der Waals surface area (Å²) in [5.74, 6) is -0.358. The third kappa shape index (κ3) is 2.29. The number of nitrogens with zero attached hydrogens (tertiary/aromatic N) is 2. The second-order valence-electron chi connectivity index (χ2n) is 4.54. The van der Waals surface area contributed by atoms with Gasteiger partial charge in [0.25, 0.3) is 5.91 Å². The van der Waals surface area contributed by atoms with Crippen LogP contribution in [0.2, 0.25) is 0 Å². The van der Waals surface area contributed by atoms with Crippen LogP contribution in [0.5, 0.6) is 5.75 Å². The van der Waals surface area contributed by atoms with Crippen molar-refractivity contribution in [3.8, 4) is 5.75 Å². The first-order chi connectivity index (χ1) is 8.98. The van der Waals surface area contributed by atoms with E-state index in [1.165, 1.54) is 12.3 Å². The molecule has 1 saturated heterocycles. The van der Waals surface area contributed by atoms with E-state index in [2.05, 4.69) is 10.4 Å². The zero-order valence-corrected chi connectivity index (χ0v) is 10.8. The molecule has 6 nitrogen and oxygen atoms in total. The Labute approximate surface area is 110 Å². The van der Waals surface area contributed by atoms with E-state index in [-0.39, 0.29) is 5.75 Å². The summed E-state index contributed by atoms with van der Waals surface area (Å²) >= 11 is 0. The van der Waals surface area contributed by atoms with Crippen LogP contribution in [-0.4, -0.2) is 33.8 Å². The van der Waals surface area contributed by atoms with E-state index in [1.54, 1.807) is 25.1 Å². The molecule has 0 aliphatic carbocycles. The number of hydrogen-bond acceptors (Lipinski definition) is 4. The van der Waals surface area contributed by atoms with Crippen LogP contribution in [0.15, 0.2) is 29.4 Å². The number of rotatable bonds is 3. The minimum atomic E-state index is -0.910. The second-order valence-corrected chi connectivity index (χ2v) is 4.54. The molecule has 2 rings (SSSR count). The summed E-state index contributed by atoms with van der Waals surface area (Å²) in [6.07, 6.45) is 1.77. The number of hydrogen-bond donors (Lipinski definition) is 2. The molecule has 0 saturated carbocycles. The lowest BCUT2D eigenvalue weighted by molar-refractivity contribution is -0.130. The van der Waals surface area contributed by atoms with Crippen LogP contribution >= 0.6 is 0 Å². The van der Waals surface area contributed by atoms with Gasteiger partial charge in [-0.2, -0.15) is 5.10 Å². The maximum Gasteiger partial charge on any atom is 0.346 e. The Morgan fingerprint density at radius 1 is 1.42 bits per heavy atom. The number of carbonyl (C=O) groups is 2. The van der Waals surface area contributed by atoms with Crippen molar-refractivity contribution in [2.75, 3.05) is 0 Å². The third-order valence-electron chi connectivity index (χ3n) is 3.20. The Bertz CT molecular complexity index is 556. The molecule has 0 bridgehead atoms. The van der Waals surface area contributed by atoms with E-state index in [4.69, 9.17) is 0 Å². The normalized spacial score (nSPS) is 23.2. The van der Waals surface area contributed by atoms with Crippen molar-refractivity contribution in [2.24, 2.45) is 5.10 Å². The lowest BCUT2D eigenvalue weighted by atomic mass is 10.00. The Hall–Kier alpha value is -2.37. The number of benzene rings is 1. The molecule has 1 aromatic carbocycles. The fourth-order valence-electron chi connectivity index (χ4n) is 1.73. The predicted octanol–water partition coefficient (Wildman–Crippen LogP) is 1.45. The van der Waals surface area contributed by atoms with Crippen molar-refractivity contribution in [1.82, 2.24) is 10.3 Å². The number of para-hydroxylation sites is 1. The first-order valence-corrected chi connectivity index (χ1v) is 5.96. The first kappa shape index (κ1) is 13.1. The molecule has 0 radical (unpaired) electrons. The van der Waals surface area contributed by atoms with Gasteiger partial charge in [-0.05, 0) is 25.5 Å². The fourth-order valence-corrected chi connectivity index (χ4v) is 1.73. The Kier molecular flexibility index (Phi) is 3.25. The van der Waals surface area contributed by atoms with Crippen LogP contribution in [0.3, 0.4) is 0 Å². The molecule has 1 fully saturated rings. The van der Waals surface area contributed by atoms with Crippen LogP contribution < -0.4 is 5.32 Å². The van der Waals surface area contributed by atoms with E-state index >= 15 is 0 Å². The first-order valence-electron chi connectivity index (χ1n) is 5.96. The van der Waals surface area contributed by atoms with Crippen molar-refractivity contribution in [3.63, 3.8) is 0 Å². The second kappa shape index (κ2) is 4.72. The summed E-state index contributed by atoms with van der Waals surface area (Å²) in [4.78, 5) is 23.7. The average Bonchev–Trinajstić information content (AvgIpc) is 2.61. The number of urea groups is 1. The van der Waals surface area contributed by atoms with Crippen LogP contribution in [0.1, 0.15) is 25.8 Å². The van der Waals surface area contributed by atoms with Gasteiger partial charge < -0.3 is 10.4 Å². The number of nitrogens with one attached hydrogen (secondary N) is 1. The van der Waals surface area contributed by atoms with Gasteiger partial charge >= 0.3 is 6.03 Å². The molecule has 3 amide bonds. The fraction of sp³-hybridized carbons (Fsp3) is 0.308. The SMILES string of the molecule is CC[C@]1(C)NC(=O)N(/N=C\c2ccccc2O)C1=O. The lowest BCUT2D eigenvalue weighted by Crippen LogP contribution is -2.42. The molecular formula is C13H15N3O3. The molecule has 1 atom stereocenters. The third-order valence-corrected chi connectivity index (χ3v) is 3.20. The van der Waals surface area contributed by atoms with Gasteiger partial charge in [-0.1, -0.05) is 19.1 Å². The molecular weight excluding hydrogens is 246 g/mol. The molecule has 19 heavy (non-hydrogen) atoms. The summed E-state index contributed by atoms with van der Waals surface area (Å²) in [6, 6.07) is 5.98. The highest BCUT2D eigenvalue weighted by Crippen LogP contribution is 2.21. The van der Waals surface area contributed by atoms with Crippen molar-refractivity contribution in [2.45, 2.75) is 25.8 Å². The molecule has 0 unspecified atom stereocenters.